The molecule has 0 unspecified atom stereocenters. The van der Waals surface area contributed by atoms with E-state index in [0.29, 0.717) is 0 Å². The lowest BCUT2D eigenvalue weighted by Gasteiger charge is -2.32. The number of likely N-dealkylation sites (tertiary alicyclic amines) is 1. The van der Waals surface area contributed by atoms with Crippen LogP contribution in [0.3, 0.4) is 0 Å². The van der Waals surface area contributed by atoms with Crippen molar-refractivity contribution in [1.29, 1.82) is 0 Å². The van der Waals surface area contributed by atoms with Gasteiger partial charge < -0.3 is 5.32 Å². The van der Waals surface area contributed by atoms with Crippen molar-refractivity contribution in [2.45, 2.75) is 25.4 Å². The number of carbonyl (C=O) groups is 1. The van der Waals surface area contributed by atoms with Gasteiger partial charge in [-0.15, -0.1) is 0 Å². The fourth-order valence-electron chi connectivity index (χ4n) is 3.02. The lowest BCUT2D eigenvalue weighted by molar-refractivity contribution is 0.0904. The Morgan fingerprint density at radius 2 is 1.80 bits per heavy atom. The van der Waals surface area contributed by atoms with Crippen molar-refractivity contribution >= 4 is 17.5 Å². The van der Waals surface area contributed by atoms with Crippen LogP contribution in [0.25, 0.3) is 0 Å². The predicted molar refractivity (Wildman–Crippen MR) is 93.6 cm³/mol. The third-order valence-corrected chi connectivity index (χ3v) is 4.67. The maximum absolute atomic E-state index is 13.7. The van der Waals surface area contributed by atoms with Crippen LogP contribution in [-0.2, 0) is 6.54 Å². The zero-order valence-electron chi connectivity index (χ0n) is 13.6. The van der Waals surface area contributed by atoms with E-state index in [1.165, 1.54) is 5.56 Å². The van der Waals surface area contributed by atoms with Gasteiger partial charge in [0.2, 0.25) is 0 Å². The molecule has 0 radical (unpaired) electrons. The Morgan fingerprint density at radius 1 is 1.12 bits per heavy atom. The van der Waals surface area contributed by atoms with Crippen molar-refractivity contribution in [2.24, 2.45) is 0 Å². The van der Waals surface area contributed by atoms with E-state index in [4.69, 9.17) is 11.6 Å². The van der Waals surface area contributed by atoms with Crippen molar-refractivity contribution in [3.05, 3.63) is 70.2 Å². The van der Waals surface area contributed by atoms with E-state index in [-0.39, 0.29) is 11.6 Å². The summed E-state index contributed by atoms with van der Waals surface area (Å²) in [5, 5.41) is 3.52. The summed E-state index contributed by atoms with van der Waals surface area (Å²) in [4.78, 5) is 14.4. The summed E-state index contributed by atoms with van der Waals surface area (Å²) in [5.74, 6) is -1.89. The minimum Gasteiger partial charge on any atom is -0.349 e. The first-order valence-corrected chi connectivity index (χ1v) is 8.62. The fraction of sp³-hybridized carbons (Fsp3) is 0.316. The number of nitrogens with one attached hydrogen (secondary N) is 1. The van der Waals surface area contributed by atoms with Crippen molar-refractivity contribution in [2.75, 3.05) is 13.1 Å². The van der Waals surface area contributed by atoms with Gasteiger partial charge in [0.25, 0.3) is 5.91 Å². The van der Waals surface area contributed by atoms with Gasteiger partial charge in [0.05, 0.1) is 5.56 Å². The van der Waals surface area contributed by atoms with Crippen LogP contribution in [0.5, 0.6) is 0 Å². The molecule has 1 heterocycles. The molecule has 1 aliphatic rings. The quantitative estimate of drug-likeness (QED) is 0.889. The lowest BCUT2D eigenvalue weighted by atomic mass is 10.0. The van der Waals surface area contributed by atoms with E-state index in [2.05, 4.69) is 10.2 Å². The zero-order chi connectivity index (χ0) is 17.8. The highest BCUT2D eigenvalue weighted by molar-refractivity contribution is 6.30. The maximum Gasteiger partial charge on any atom is 0.254 e. The number of hydrogen-bond acceptors (Lipinski definition) is 2. The molecule has 1 aliphatic heterocycles. The Morgan fingerprint density at radius 3 is 2.48 bits per heavy atom. The highest BCUT2D eigenvalue weighted by atomic mass is 35.5. The molecule has 3 nitrogen and oxygen atoms in total. The van der Waals surface area contributed by atoms with Gasteiger partial charge in [-0.25, -0.2) is 8.78 Å². The number of rotatable bonds is 4. The average Bonchev–Trinajstić information content (AvgIpc) is 2.60. The molecule has 1 fully saturated rings. The molecular weight excluding hydrogens is 346 g/mol. The molecule has 1 amide bonds. The van der Waals surface area contributed by atoms with Crippen molar-refractivity contribution in [3.63, 3.8) is 0 Å². The van der Waals surface area contributed by atoms with E-state index >= 15 is 0 Å². The van der Waals surface area contributed by atoms with Gasteiger partial charge in [0.15, 0.2) is 0 Å². The molecule has 1 saturated heterocycles. The van der Waals surface area contributed by atoms with Crippen LogP contribution < -0.4 is 5.32 Å². The van der Waals surface area contributed by atoms with Gasteiger partial charge in [0, 0.05) is 30.7 Å². The van der Waals surface area contributed by atoms with Gasteiger partial charge in [-0.05, 0) is 48.7 Å². The zero-order valence-corrected chi connectivity index (χ0v) is 14.4. The minimum absolute atomic E-state index is 0.0309. The fourth-order valence-corrected chi connectivity index (χ4v) is 3.14. The first-order chi connectivity index (χ1) is 12.0. The summed E-state index contributed by atoms with van der Waals surface area (Å²) in [6.45, 7) is 2.49. The SMILES string of the molecule is O=C(NC1CCN(Cc2ccc(Cl)cc2)CC1)c1cc(F)ccc1F. The highest BCUT2D eigenvalue weighted by Gasteiger charge is 2.22. The summed E-state index contributed by atoms with van der Waals surface area (Å²) in [7, 11) is 0. The van der Waals surface area contributed by atoms with Crippen LogP contribution >= 0.6 is 11.6 Å². The molecule has 0 spiro atoms. The van der Waals surface area contributed by atoms with Gasteiger partial charge in [-0.3, -0.25) is 9.69 Å². The molecule has 0 saturated carbocycles. The third kappa shape index (κ3) is 4.77. The summed E-state index contributed by atoms with van der Waals surface area (Å²) < 4.78 is 26.9. The van der Waals surface area contributed by atoms with Crippen molar-refractivity contribution < 1.29 is 13.6 Å². The molecule has 0 aliphatic carbocycles. The molecule has 6 heteroatoms. The van der Waals surface area contributed by atoms with Crippen molar-refractivity contribution in [1.82, 2.24) is 10.2 Å². The molecule has 1 N–H and O–H groups in total. The second-order valence-corrected chi connectivity index (χ2v) is 6.71. The van der Waals surface area contributed by atoms with Crippen LogP contribution in [0.4, 0.5) is 8.78 Å². The summed E-state index contributed by atoms with van der Waals surface area (Å²) in [6, 6.07) is 10.6. The molecule has 0 bridgehead atoms. The Bertz CT molecular complexity index is 744. The van der Waals surface area contributed by atoms with E-state index in [1.54, 1.807) is 0 Å². The molecule has 0 aromatic heterocycles. The second-order valence-electron chi connectivity index (χ2n) is 6.27. The maximum atomic E-state index is 13.7. The Kier molecular flexibility index (Phi) is 5.66. The second kappa shape index (κ2) is 7.93. The van der Waals surface area contributed by atoms with E-state index in [9.17, 15) is 13.6 Å². The Balaban J connectivity index is 1.51. The van der Waals surface area contributed by atoms with Crippen LogP contribution in [0.1, 0.15) is 28.8 Å². The monoisotopic (exact) mass is 364 g/mol. The van der Waals surface area contributed by atoms with Gasteiger partial charge >= 0.3 is 0 Å². The topological polar surface area (TPSA) is 32.3 Å². The number of hydrogen-bond donors (Lipinski definition) is 1. The molecule has 2 aromatic carbocycles. The molecule has 132 valence electrons. The average molecular weight is 365 g/mol. The van der Waals surface area contributed by atoms with Crippen LogP contribution in [0.15, 0.2) is 42.5 Å². The van der Waals surface area contributed by atoms with Gasteiger partial charge in [0.1, 0.15) is 11.6 Å². The Hall–Kier alpha value is -1.98. The first-order valence-electron chi connectivity index (χ1n) is 8.24. The van der Waals surface area contributed by atoms with Crippen LogP contribution in [0.2, 0.25) is 5.02 Å². The highest BCUT2D eigenvalue weighted by Crippen LogP contribution is 2.17. The first kappa shape index (κ1) is 17.8. The largest absolute Gasteiger partial charge is 0.349 e. The predicted octanol–water partition coefficient (Wildman–Crippen LogP) is 4.01. The third-order valence-electron chi connectivity index (χ3n) is 4.42. The van der Waals surface area contributed by atoms with Crippen LogP contribution in [-0.4, -0.2) is 29.9 Å². The number of amides is 1. The van der Waals surface area contributed by atoms with Crippen molar-refractivity contribution in [3.8, 4) is 0 Å². The lowest BCUT2D eigenvalue weighted by Crippen LogP contribution is -2.44. The minimum atomic E-state index is -0.709. The van der Waals surface area contributed by atoms with Gasteiger partial charge in [-0.2, -0.15) is 0 Å². The van der Waals surface area contributed by atoms with E-state index in [1.807, 2.05) is 24.3 Å². The Labute approximate surface area is 150 Å². The van der Waals surface area contributed by atoms with E-state index in [0.717, 1.165) is 55.7 Å². The number of benzene rings is 2. The summed E-state index contributed by atoms with van der Waals surface area (Å²) >= 11 is 5.89. The number of carbonyl (C=O) groups excluding carboxylic acids is 1. The standard InChI is InChI=1S/C19H19ClF2N2O/c20-14-3-1-13(2-4-14)12-24-9-7-16(8-10-24)23-19(25)17-11-15(21)5-6-18(17)22/h1-6,11,16H,7-10,12H2,(H,23,25). The molecular formula is C19H19ClF2N2O. The molecule has 2 aromatic rings. The normalized spacial score (nSPS) is 16.0. The number of nitrogens with zero attached hydrogens (tertiary/aromatic N) is 1. The molecule has 0 atom stereocenters. The summed E-state index contributed by atoms with van der Waals surface area (Å²) in [5.41, 5.74) is 0.942. The summed E-state index contributed by atoms with van der Waals surface area (Å²) in [6.07, 6.45) is 1.55. The van der Waals surface area contributed by atoms with Gasteiger partial charge in [-0.1, -0.05) is 23.7 Å². The smallest absolute Gasteiger partial charge is 0.254 e. The number of piperidine rings is 1. The van der Waals surface area contributed by atoms with E-state index < -0.39 is 17.5 Å². The molecule has 25 heavy (non-hydrogen) atoms. The molecule has 3 rings (SSSR count). The number of halogens is 3. The van der Waals surface area contributed by atoms with Crippen LogP contribution in [0, 0.1) is 11.6 Å².